The van der Waals surface area contributed by atoms with E-state index in [2.05, 4.69) is 6.92 Å². The first-order chi connectivity index (χ1) is 14.5. The number of rotatable bonds is 6. The lowest BCUT2D eigenvalue weighted by atomic mass is 9.97. The van der Waals surface area contributed by atoms with Gasteiger partial charge in [0.25, 0.3) is 5.91 Å². The van der Waals surface area contributed by atoms with E-state index in [0.717, 1.165) is 36.0 Å². The molecule has 0 spiro atoms. The van der Waals surface area contributed by atoms with Crippen LogP contribution in [-0.2, 0) is 0 Å². The van der Waals surface area contributed by atoms with Crippen molar-refractivity contribution in [1.29, 1.82) is 0 Å². The summed E-state index contributed by atoms with van der Waals surface area (Å²) >= 11 is 0. The van der Waals surface area contributed by atoms with E-state index in [1.807, 2.05) is 50.2 Å². The van der Waals surface area contributed by atoms with Crippen molar-refractivity contribution >= 4 is 16.9 Å². The van der Waals surface area contributed by atoms with Gasteiger partial charge >= 0.3 is 0 Å². The molecule has 1 atom stereocenters. The van der Waals surface area contributed by atoms with E-state index in [9.17, 15) is 9.59 Å². The number of fused-ring (bicyclic) bond motifs is 2. The lowest BCUT2D eigenvalue weighted by molar-refractivity contribution is 0.0724. The average Bonchev–Trinajstić information content (AvgIpc) is 3.01. The first kappa shape index (κ1) is 20.2. The second-order valence-electron chi connectivity index (χ2n) is 8.02. The fourth-order valence-corrected chi connectivity index (χ4v) is 4.40. The van der Waals surface area contributed by atoms with Crippen molar-refractivity contribution in [3.8, 4) is 5.75 Å². The van der Waals surface area contributed by atoms with Crippen LogP contribution in [0, 0.1) is 13.8 Å². The molecule has 0 aliphatic carbocycles. The number of carbonyl (C=O) groups excluding carboxylic acids is 1. The van der Waals surface area contributed by atoms with Crippen LogP contribution in [0.15, 0.2) is 45.6 Å². The summed E-state index contributed by atoms with van der Waals surface area (Å²) in [6.07, 6.45) is 2.95. The Labute approximate surface area is 176 Å². The molecule has 1 aromatic heterocycles. The molecule has 156 valence electrons. The molecule has 1 aliphatic heterocycles. The molecule has 2 heterocycles. The number of amides is 1. The molecule has 1 unspecified atom stereocenters. The van der Waals surface area contributed by atoms with E-state index in [1.165, 1.54) is 0 Å². The van der Waals surface area contributed by atoms with Gasteiger partial charge in [-0.1, -0.05) is 38.0 Å². The summed E-state index contributed by atoms with van der Waals surface area (Å²) in [6, 6.07) is 10.9. The third-order valence-electron chi connectivity index (χ3n) is 5.81. The van der Waals surface area contributed by atoms with Gasteiger partial charge in [-0.15, -0.1) is 0 Å². The summed E-state index contributed by atoms with van der Waals surface area (Å²) in [5.74, 6) is 0.649. The Kier molecular flexibility index (Phi) is 5.37. The predicted molar refractivity (Wildman–Crippen MR) is 117 cm³/mol. The summed E-state index contributed by atoms with van der Waals surface area (Å²) in [4.78, 5) is 28.8. The highest BCUT2D eigenvalue weighted by Crippen LogP contribution is 2.39. The van der Waals surface area contributed by atoms with Gasteiger partial charge in [-0.05, 0) is 55.2 Å². The molecule has 0 saturated carbocycles. The number of unbranched alkanes of at least 4 members (excludes halogenated alkanes) is 2. The zero-order valence-corrected chi connectivity index (χ0v) is 18.0. The first-order valence-corrected chi connectivity index (χ1v) is 10.5. The quantitative estimate of drug-likeness (QED) is 0.532. The fourth-order valence-electron chi connectivity index (χ4n) is 4.40. The lowest BCUT2D eigenvalue weighted by Gasteiger charge is -2.25. The van der Waals surface area contributed by atoms with Gasteiger partial charge in [0.1, 0.15) is 11.3 Å². The van der Waals surface area contributed by atoms with Crippen LogP contribution < -0.4 is 10.2 Å². The predicted octanol–water partition coefficient (Wildman–Crippen LogP) is 5.15. The van der Waals surface area contributed by atoms with Gasteiger partial charge < -0.3 is 14.1 Å². The fraction of sp³-hybridized carbons (Fsp3) is 0.360. The van der Waals surface area contributed by atoms with Gasteiger partial charge in [-0.3, -0.25) is 9.59 Å². The topological polar surface area (TPSA) is 59.8 Å². The van der Waals surface area contributed by atoms with Gasteiger partial charge in [0, 0.05) is 6.54 Å². The molecule has 0 saturated heterocycles. The molecule has 30 heavy (non-hydrogen) atoms. The van der Waals surface area contributed by atoms with Crippen LogP contribution in [-0.4, -0.2) is 24.5 Å². The van der Waals surface area contributed by atoms with Gasteiger partial charge in [0.15, 0.2) is 5.43 Å². The minimum Gasteiger partial charge on any atom is -0.497 e. The van der Waals surface area contributed by atoms with Crippen LogP contribution in [0.4, 0.5) is 0 Å². The summed E-state index contributed by atoms with van der Waals surface area (Å²) in [5.41, 5.74) is 3.51. The SMILES string of the molecule is CCCCCN1C(=O)c2oc3c(C)cc(C)cc3c(=O)c2C1c1cccc(OC)c1. The lowest BCUT2D eigenvalue weighted by Crippen LogP contribution is -2.30. The standard InChI is InChI=1S/C25H27NO4/c1-5-6-7-11-26-21(17-9-8-10-18(14-17)29-4)20-22(27)19-13-15(2)12-16(3)23(19)30-24(20)25(26)28/h8-10,12-14,21H,5-7,11H2,1-4H3. The number of carbonyl (C=O) groups is 1. The van der Waals surface area contributed by atoms with Crippen molar-refractivity contribution < 1.29 is 13.9 Å². The average molecular weight is 405 g/mol. The van der Waals surface area contributed by atoms with Gasteiger partial charge in [0.05, 0.1) is 24.1 Å². The smallest absolute Gasteiger partial charge is 0.290 e. The van der Waals surface area contributed by atoms with Crippen molar-refractivity contribution in [2.24, 2.45) is 0 Å². The van der Waals surface area contributed by atoms with Crippen molar-refractivity contribution in [3.63, 3.8) is 0 Å². The van der Waals surface area contributed by atoms with Crippen molar-refractivity contribution in [2.75, 3.05) is 13.7 Å². The highest BCUT2D eigenvalue weighted by molar-refractivity contribution is 5.99. The molecule has 4 rings (SSSR count). The molecule has 0 radical (unpaired) electrons. The Morgan fingerprint density at radius 1 is 1.10 bits per heavy atom. The number of nitrogens with zero attached hydrogens (tertiary/aromatic N) is 1. The summed E-state index contributed by atoms with van der Waals surface area (Å²) in [7, 11) is 1.61. The van der Waals surface area contributed by atoms with Crippen LogP contribution in [0.3, 0.4) is 0 Å². The van der Waals surface area contributed by atoms with Crippen LogP contribution in [0.1, 0.15) is 65.0 Å². The summed E-state index contributed by atoms with van der Waals surface area (Å²) in [6.45, 7) is 6.57. The number of methoxy groups -OCH3 is 1. The third-order valence-corrected chi connectivity index (χ3v) is 5.81. The Morgan fingerprint density at radius 2 is 1.90 bits per heavy atom. The zero-order valence-electron chi connectivity index (χ0n) is 18.0. The monoisotopic (exact) mass is 405 g/mol. The van der Waals surface area contributed by atoms with Crippen LogP contribution >= 0.6 is 0 Å². The molecular weight excluding hydrogens is 378 g/mol. The number of hydrogen-bond donors (Lipinski definition) is 0. The van der Waals surface area contributed by atoms with E-state index >= 15 is 0 Å². The van der Waals surface area contributed by atoms with E-state index in [0.29, 0.717) is 28.8 Å². The first-order valence-electron chi connectivity index (χ1n) is 10.5. The van der Waals surface area contributed by atoms with E-state index < -0.39 is 6.04 Å². The molecule has 0 bridgehead atoms. The maximum atomic E-state index is 13.6. The number of benzene rings is 2. The summed E-state index contributed by atoms with van der Waals surface area (Å²) < 4.78 is 11.5. The van der Waals surface area contributed by atoms with E-state index in [-0.39, 0.29) is 17.1 Å². The molecule has 1 aliphatic rings. The maximum Gasteiger partial charge on any atom is 0.290 e. The Bertz CT molecular complexity index is 1180. The van der Waals surface area contributed by atoms with Gasteiger partial charge in [0.2, 0.25) is 5.76 Å². The molecule has 5 nitrogen and oxygen atoms in total. The Morgan fingerprint density at radius 3 is 2.63 bits per heavy atom. The van der Waals surface area contributed by atoms with Crippen molar-refractivity contribution in [1.82, 2.24) is 4.90 Å². The number of aryl methyl sites for hydroxylation is 2. The molecule has 5 heteroatoms. The maximum absolute atomic E-state index is 13.6. The second kappa shape index (κ2) is 7.98. The highest BCUT2D eigenvalue weighted by atomic mass is 16.5. The molecule has 2 aromatic carbocycles. The van der Waals surface area contributed by atoms with E-state index in [1.54, 1.807) is 12.0 Å². The molecule has 1 amide bonds. The van der Waals surface area contributed by atoms with Gasteiger partial charge in [-0.2, -0.15) is 0 Å². The minimum absolute atomic E-state index is 0.128. The van der Waals surface area contributed by atoms with Crippen LogP contribution in [0.25, 0.3) is 11.0 Å². The number of ether oxygens (including phenoxy) is 1. The van der Waals surface area contributed by atoms with Crippen LogP contribution in [0.5, 0.6) is 5.75 Å². The Balaban J connectivity index is 1.95. The number of hydrogen-bond acceptors (Lipinski definition) is 4. The minimum atomic E-state index is -0.471. The molecule has 0 N–H and O–H groups in total. The van der Waals surface area contributed by atoms with Gasteiger partial charge in [-0.25, -0.2) is 0 Å². The molecule has 3 aromatic rings. The molecular formula is C25H27NO4. The normalized spacial score (nSPS) is 15.7. The van der Waals surface area contributed by atoms with Crippen LogP contribution in [0.2, 0.25) is 0 Å². The third kappa shape index (κ3) is 3.28. The summed E-state index contributed by atoms with van der Waals surface area (Å²) in [5, 5.41) is 0.530. The zero-order chi connectivity index (χ0) is 21.4. The highest BCUT2D eigenvalue weighted by Gasteiger charge is 2.42. The Hall–Kier alpha value is -3.08. The molecule has 0 fully saturated rings. The van der Waals surface area contributed by atoms with Crippen molar-refractivity contribution in [3.05, 3.63) is 74.6 Å². The second-order valence-corrected chi connectivity index (χ2v) is 8.02. The largest absolute Gasteiger partial charge is 0.497 e. The van der Waals surface area contributed by atoms with E-state index in [4.69, 9.17) is 9.15 Å². The van der Waals surface area contributed by atoms with Crippen molar-refractivity contribution in [2.45, 2.75) is 46.1 Å².